The summed E-state index contributed by atoms with van der Waals surface area (Å²) in [5, 5.41) is 0.745. The van der Waals surface area contributed by atoms with Crippen molar-refractivity contribution < 1.29 is 8.42 Å². The molecular formula is C15H16ClNO2S2. The van der Waals surface area contributed by atoms with Crippen molar-refractivity contribution in [2.75, 3.05) is 12.3 Å². The third kappa shape index (κ3) is 5.04. The molecule has 0 amide bonds. The standard InChI is InChI=1S/C15H16ClNO2S2/c16-15-9-5-4-6-13(15)12-20-11-10-17-21(18,19)14-7-2-1-3-8-14/h1-9,17H,10-12H2. The average Bonchev–Trinajstić information content (AvgIpc) is 2.49. The summed E-state index contributed by atoms with van der Waals surface area (Å²) >= 11 is 7.71. The highest BCUT2D eigenvalue weighted by Crippen LogP contribution is 2.20. The molecule has 1 N–H and O–H groups in total. The Morgan fingerprint density at radius 1 is 1.00 bits per heavy atom. The van der Waals surface area contributed by atoms with Crippen LogP contribution in [0.15, 0.2) is 59.5 Å². The van der Waals surface area contributed by atoms with Crippen molar-refractivity contribution in [2.45, 2.75) is 10.6 Å². The molecular weight excluding hydrogens is 326 g/mol. The zero-order valence-corrected chi connectivity index (χ0v) is 13.7. The van der Waals surface area contributed by atoms with E-state index in [1.165, 1.54) is 0 Å². The van der Waals surface area contributed by atoms with E-state index in [1.54, 1.807) is 42.1 Å². The number of nitrogens with one attached hydrogen (secondary N) is 1. The van der Waals surface area contributed by atoms with E-state index in [9.17, 15) is 8.42 Å². The fourth-order valence-electron chi connectivity index (χ4n) is 1.73. The molecule has 0 saturated carbocycles. The van der Waals surface area contributed by atoms with Crippen LogP contribution in [-0.2, 0) is 15.8 Å². The van der Waals surface area contributed by atoms with Crippen LogP contribution in [0.5, 0.6) is 0 Å². The largest absolute Gasteiger partial charge is 0.240 e. The minimum Gasteiger partial charge on any atom is -0.210 e. The van der Waals surface area contributed by atoms with Crippen molar-refractivity contribution in [3.8, 4) is 0 Å². The van der Waals surface area contributed by atoms with E-state index in [4.69, 9.17) is 11.6 Å². The molecule has 0 atom stereocenters. The Hall–Kier alpha value is -1.01. The van der Waals surface area contributed by atoms with Crippen LogP contribution in [0, 0.1) is 0 Å². The first-order valence-corrected chi connectivity index (χ1v) is 9.47. The zero-order chi connectivity index (χ0) is 15.1. The Kier molecular flexibility index (Phi) is 6.11. The van der Waals surface area contributed by atoms with Crippen LogP contribution in [0.1, 0.15) is 5.56 Å². The highest BCUT2D eigenvalue weighted by Gasteiger charge is 2.11. The molecule has 0 fully saturated rings. The van der Waals surface area contributed by atoms with Gasteiger partial charge in [0.25, 0.3) is 0 Å². The van der Waals surface area contributed by atoms with Gasteiger partial charge in [-0.2, -0.15) is 11.8 Å². The van der Waals surface area contributed by atoms with E-state index in [0.29, 0.717) is 17.2 Å². The normalized spacial score (nSPS) is 11.5. The van der Waals surface area contributed by atoms with Crippen molar-refractivity contribution in [3.05, 3.63) is 65.2 Å². The summed E-state index contributed by atoms with van der Waals surface area (Å²) in [6, 6.07) is 16.0. The maximum Gasteiger partial charge on any atom is 0.240 e. The van der Waals surface area contributed by atoms with Crippen LogP contribution in [0.2, 0.25) is 5.02 Å². The molecule has 0 bridgehead atoms. The number of benzene rings is 2. The lowest BCUT2D eigenvalue weighted by Crippen LogP contribution is -2.26. The highest BCUT2D eigenvalue weighted by atomic mass is 35.5. The Balaban J connectivity index is 1.77. The second kappa shape index (κ2) is 7.84. The molecule has 0 saturated heterocycles. The molecule has 0 aromatic heterocycles. The SMILES string of the molecule is O=S(=O)(NCCSCc1ccccc1Cl)c1ccccc1. The average molecular weight is 342 g/mol. The van der Waals surface area contributed by atoms with Crippen LogP contribution in [0.25, 0.3) is 0 Å². The second-order valence-electron chi connectivity index (χ2n) is 4.35. The van der Waals surface area contributed by atoms with E-state index >= 15 is 0 Å². The Labute approximate surface area is 134 Å². The molecule has 6 heteroatoms. The van der Waals surface area contributed by atoms with Gasteiger partial charge in [-0.25, -0.2) is 13.1 Å². The van der Waals surface area contributed by atoms with Gasteiger partial charge in [0.1, 0.15) is 0 Å². The van der Waals surface area contributed by atoms with Crippen LogP contribution in [0.4, 0.5) is 0 Å². The summed E-state index contributed by atoms with van der Waals surface area (Å²) in [6.07, 6.45) is 0. The number of halogens is 1. The first-order chi connectivity index (χ1) is 10.1. The number of rotatable bonds is 7. The molecule has 0 radical (unpaired) electrons. The van der Waals surface area contributed by atoms with Crippen molar-refractivity contribution in [3.63, 3.8) is 0 Å². The fraction of sp³-hybridized carbons (Fsp3) is 0.200. The second-order valence-corrected chi connectivity index (χ2v) is 7.63. The van der Waals surface area contributed by atoms with Gasteiger partial charge in [0.05, 0.1) is 4.90 Å². The van der Waals surface area contributed by atoms with Crippen LogP contribution in [0.3, 0.4) is 0 Å². The van der Waals surface area contributed by atoms with Gasteiger partial charge in [-0.15, -0.1) is 0 Å². The summed E-state index contributed by atoms with van der Waals surface area (Å²) in [5.74, 6) is 1.46. The predicted molar refractivity (Wildman–Crippen MR) is 89.2 cm³/mol. The smallest absolute Gasteiger partial charge is 0.210 e. The highest BCUT2D eigenvalue weighted by molar-refractivity contribution is 7.98. The van der Waals surface area contributed by atoms with Crippen LogP contribution < -0.4 is 4.72 Å². The van der Waals surface area contributed by atoms with Gasteiger partial charge >= 0.3 is 0 Å². The predicted octanol–water partition coefficient (Wildman–Crippen LogP) is 3.55. The molecule has 3 nitrogen and oxygen atoms in total. The molecule has 0 aliphatic rings. The van der Waals surface area contributed by atoms with E-state index in [1.807, 2.05) is 24.3 Å². The summed E-state index contributed by atoms with van der Waals surface area (Å²) in [6.45, 7) is 0.395. The van der Waals surface area contributed by atoms with Gasteiger partial charge < -0.3 is 0 Å². The first kappa shape index (κ1) is 16.4. The maximum atomic E-state index is 12.0. The quantitative estimate of drug-likeness (QED) is 0.783. The van der Waals surface area contributed by atoms with Crippen molar-refractivity contribution >= 4 is 33.4 Å². The summed E-state index contributed by atoms with van der Waals surface area (Å²) in [7, 11) is -3.40. The lowest BCUT2D eigenvalue weighted by molar-refractivity contribution is 0.584. The molecule has 21 heavy (non-hydrogen) atoms. The maximum absolute atomic E-state index is 12.0. The molecule has 0 aliphatic heterocycles. The summed E-state index contributed by atoms with van der Waals surface area (Å²) in [4.78, 5) is 0.293. The van der Waals surface area contributed by atoms with Crippen molar-refractivity contribution in [2.24, 2.45) is 0 Å². The van der Waals surface area contributed by atoms with Gasteiger partial charge in [-0.1, -0.05) is 48.0 Å². The molecule has 2 aromatic carbocycles. The number of hydrogen-bond acceptors (Lipinski definition) is 3. The Morgan fingerprint density at radius 2 is 1.67 bits per heavy atom. The number of thioether (sulfide) groups is 1. The Bertz CT molecular complexity index is 675. The molecule has 0 aliphatic carbocycles. The van der Waals surface area contributed by atoms with E-state index in [2.05, 4.69) is 4.72 Å². The minimum absolute atomic E-state index is 0.293. The summed E-state index contributed by atoms with van der Waals surface area (Å²) < 4.78 is 26.6. The van der Waals surface area contributed by atoms with Crippen LogP contribution in [-0.4, -0.2) is 20.7 Å². The van der Waals surface area contributed by atoms with Gasteiger partial charge in [0, 0.05) is 23.1 Å². The fourth-order valence-corrected chi connectivity index (χ4v) is 4.06. The minimum atomic E-state index is -3.40. The monoisotopic (exact) mass is 341 g/mol. The number of sulfonamides is 1. The zero-order valence-electron chi connectivity index (χ0n) is 11.3. The van der Waals surface area contributed by atoms with Gasteiger partial charge in [-0.3, -0.25) is 0 Å². The lowest BCUT2D eigenvalue weighted by atomic mass is 10.2. The van der Waals surface area contributed by atoms with E-state index in [-0.39, 0.29) is 0 Å². The van der Waals surface area contributed by atoms with Gasteiger partial charge in [0.2, 0.25) is 10.0 Å². The molecule has 2 rings (SSSR count). The topological polar surface area (TPSA) is 46.2 Å². The van der Waals surface area contributed by atoms with E-state index in [0.717, 1.165) is 16.3 Å². The third-order valence-electron chi connectivity index (χ3n) is 2.81. The van der Waals surface area contributed by atoms with Gasteiger partial charge in [-0.05, 0) is 23.8 Å². The number of hydrogen-bond donors (Lipinski definition) is 1. The molecule has 112 valence electrons. The Morgan fingerprint density at radius 3 is 2.38 bits per heavy atom. The molecule has 0 heterocycles. The molecule has 2 aromatic rings. The van der Waals surface area contributed by atoms with Gasteiger partial charge in [0.15, 0.2) is 0 Å². The summed E-state index contributed by atoms with van der Waals surface area (Å²) in [5.41, 5.74) is 1.06. The van der Waals surface area contributed by atoms with E-state index < -0.39 is 10.0 Å². The first-order valence-electron chi connectivity index (χ1n) is 6.45. The van der Waals surface area contributed by atoms with Crippen molar-refractivity contribution in [1.29, 1.82) is 0 Å². The van der Waals surface area contributed by atoms with Crippen LogP contribution >= 0.6 is 23.4 Å². The molecule has 0 unspecified atom stereocenters. The van der Waals surface area contributed by atoms with Crippen molar-refractivity contribution in [1.82, 2.24) is 4.72 Å². The third-order valence-corrected chi connectivity index (χ3v) is 5.66. The molecule has 0 spiro atoms. The lowest BCUT2D eigenvalue weighted by Gasteiger charge is -2.07.